The largest absolute Gasteiger partial charge is 0.493 e. The van der Waals surface area contributed by atoms with Gasteiger partial charge in [-0.3, -0.25) is 4.98 Å². The van der Waals surface area contributed by atoms with Crippen LogP contribution in [-0.2, 0) is 10.0 Å². The quantitative estimate of drug-likeness (QED) is 0.644. The van der Waals surface area contributed by atoms with E-state index in [2.05, 4.69) is 9.71 Å². The number of aliphatic hydroxyl groups excluding tert-OH is 1. The molecule has 0 bridgehead atoms. The molecule has 0 amide bonds. The van der Waals surface area contributed by atoms with Crippen LogP contribution in [0.4, 0.5) is 0 Å². The fraction of sp³-hybridized carbons (Fsp3) is 0.211. The fourth-order valence-electron chi connectivity index (χ4n) is 2.74. The molecule has 2 aromatic carbocycles. The molecular weight excluding hydrogens is 368 g/mol. The maximum atomic E-state index is 12.7. The van der Waals surface area contributed by atoms with Crippen LogP contribution >= 0.6 is 0 Å². The third-order valence-electron chi connectivity index (χ3n) is 4.14. The molecule has 1 aromatic heterocycles. The highest BCUT2D eigenvalue weighted by Gasteiger charge is 2.20. The van der Waals surface area contributed by atoms with Crippen molar-refractivity contribution in [2.24, 2.45) is 0 Å². The minimum atomic E-state index is -3.85. The first-order chi connectivity index (χ1) is 13.0. The number of hydrogen-bond donors (Lipinski definition) is 2. The van der Waals surface area contributed by atoms with Crippen molar-refractivity contribution in [3.8, 4) is 11.5 Å². The first kappa shape index (κ1) is 19.1. The molecule has 0 fully saturated rings. The van der Waals surface area contributed by atoms with Gasteiger partial charge in [-0.1, -0.05) is 24.3 Å². The number of ether oxygens (including phenoxy) is 2. The zero-order chi connectivity index (χ0) is 19.4. The number of aliphatic hydroxyl groups is 1. The summed E-state index contributed by atoms with van der Waals surface area (Å²) in [5.41, 5.74) is 0.888. The van der Waals surface area contributed by atoms with Crippen LogP contribution in [0.15, 0.2) is 59.6 Å². The fourth-order valence-corrected chi connectivity index (χ4v) is 3.95. The molecule has 0 spiro atoms. The average molecular weight is 388 g/mol. The van der Waals surface area contributed by atoms with Crippen LogP contribution in [0.5, 0.6) is 11.5 Å². The SMILES string of the molecule is COc1ccc(C(O)CNS(=O)(=O)c2cccc3cccnc23)cc1OC. The van der Waals surface area contributed by atoms with E-state index in [9.17, 15) is 13.5 Å². The van der Waals surface area contributed by atoms with E-state index in [1.165, 1.54) is 20.3 Å². The predicted molar refractivity (Wildman–Crippen MR) is 101 cm³/mol. The summed E-state index contributed by atoms with van der Waals surface area (Å²) in [7, 11) is -0.842. The van der Waals surface area contributed by atoms with E-state index in [0.717, 1.165) is 5.39 Å². The van der Waals surface area contributed by atoms with Gasteiger partial charge in [-0.15, -0.1) is 0 Å². The Morgan fingerprint density at radius 2 is 1.81 bits per heavy atom. The van der Waals surface area contributed by atoms with Crippen molar-refractivity contribution in [1.82, 2.24) is 9.71 Å². The van der Waals surface area contributed by atoms with Crippen molar-refractivity contribution < 1.29 is 23.0 Å². The molecule has 1 unspecified atom stereocenters. The molecule has 0 saturated carbocycles. The van der Waals surface area contributed by atoms with Gasteiger partial charge in [0, 0.05) is 18.1 Å². The Bertz CT molecular complexity index is 1050. The Kier molecular flexibility index (Phi) is 5.59. The maximum Gasteiger partial charge on any atom is 0.242 e. The number of para-hydroxylation sites is 1. The van der Waals surface area contributed by atoms with E-state index < -0.39 is 16.1 Å². The second-order valence-corrected chi connectivity index (χ2v) is 7.55. The lowest BCUT2D eigenvalue weighted by Crippen LogP contribution is -2.28. The monoisotopic (exact) mass is 388 g/mol. The van der Waals surface area contributed by atoms with Crippen molar-refractivity contribution >= 4 is 20.9 Å². The van der Waals surface area contributed by atoms with Crippen molar-refractivity contribution in [3.05, 3.63) is 60.3 Å². The molecule has 3 aromatic rings. The molecule has 0 radical (unpaired) electrons. The van der Waals surface area contributed by atoms with E-state index in [0.29, 0.717) is 22.6 Å². The molecule has 0 aliphatic rings. The van der Waals surface area contributed by atoms with Crippen LogP contribution < -0.4 is 14.2 Å². The zero-order valence-electron chi connectivity index (χ0n) is 14.9. The molecule has 1 heterocycles. The third-order valence-corrected chi connectivity index (χ3v) is 5.60. The van der Waals surface area contributed by atoms with Gasteiger partial charge in [-0.05, 0) is 29.8 Å². The molecule has 3 rings (SSSR count). The summed E-state index contributed by atoms with van der Waals surface area (Å²) in [6, 6.07) is 13.4. The summed E-state index contributed by atoms with van der Waals surface area (Å²) in [5, 5.41) is 11.1. The van der Waals surface area contributed by atoms with Crippen LogP contribution in [-0.4, -0.2) is 39.3 Å². The number of nitrogens with one attached hydrogen (secondary N) is 1. The highest BCUT2D eigenvalue weighted by Crippen LogP contribution is 2.30. The van der Waals surface area contributed by atoms with Gasteiger partial charge >= 0.3 is 0 Å². The van der Waals surface area contributed by atoms with Gasteiger partial charge in [0.05, 0.1) is 25.8 Å². The standard InChI is InChI=1S/C19H20N2O5S/c1-25-16-9-8-14(11-17(16)26-2)15(22)12-21-27(23,24)18-7-3-5-13-6-4-10-20-19(13)18/h3-11,15,21-22H,12H2,1-2H3. The van der Waals surface area contributed by atoms with Crippen molar-refractivity contribution in [2.75, 3.05) is 20.8 Å². The predicted octanol–water partition coefficient (Wildman–Crippen LogP) is 2.26. The number of rotatable bonds is 7. The van der Waals surface area contributed by atoms with Gasteiger partial charge in [0.25, 0.3) is 0 Å². The van der Waals surface area contributed by atoms with E-state index in [1.807, 2.05) is 0 Å². The van der Waals surface area contributed by atoms with Gasteiger partial charge in [-0.2, -0.15) is 0 Å². The van der Waals surface area contributed by atoms with E-state index in [1.54, 1.807) is 48.7 Å². The maximum absolute atomic E-state index is 12.7. The molecule has 27 heavy (non-hydrogen) atoms. The highest BCUT2D eigenvalue weighted by atomic mass is 32.2. The summed E-state index contributed by atoms with van der Waals surface area (Å²) in [6.45, 7) is -0.193. The van der Waals surface area contributed by atoms with Gasteiger partial charge in [0.1, 0.15) is 4.90 Å². The third kappa shape index (κ3) is 4.02. The van der Waals surface area contributed by atoms with E-state index in [4.69, 9.17) is 9.47 Å². The lowest BCUT2D eigenvalue weighted by atomic mass is 10.1. The Morgan fingerprint density at radius 1 is 1.07 bits per heavy atom. The van der Waals surface area contributed by atoms with Crippen LogP contribution in [0.2, 0.25) is 0 Å². The van der Waals surface area contributed by atoms with E-state index in [-0.39, 0.29) is 11.4 Å². The number of methoxy groups -OCH3 is 2. The number of benzene rings is 2. The summed E-state index contributed by atoms with van der Waals surface area (Å²) in [4.78, 5) is 4.23. The van der Waals surface area contributed by atoms with Gasteiger partial charge in [0.2, 0.25) is 10.0 Å². The van der Waals surface area contributed by atoms with Gasteiger partial charge in [-0.25, -0.2) is 13.1 Å². The molecule has 2 N–H and O–H groups in total. The molecule has 8 heteroatoms. The van der Waals surface area contributed by atoms with Gasteiger partial charge < -0.3 is 14.6 Å². The van der Waals surface area contributed by atoms with E-state index >= 15 is 0 Å². The van der Waals surface area contributed by atoms with Crippen LogP contribution in [0.25, 0.3) is 10.9 Å². The molecule has 0 aliphatic carbocycles. The first-order valence-corrected chi connectivity index (χ1v) is 9.68. The minimum absolute atomic E-state index is 0.0695. The van der Waals surface area contributed by atoms with Crippen LogP contribution in [0.1, 0.15) is 11.7 Å². The zero-order valence-corrected chi connectivity index (χ0v) is 15.7. The summed E-state index contributed by atoms with van der Waals surface area (Å²) < 4.78 is 38.2. The average Bonchev–Trinajstić information content (AvgIpc) is 2.71. The Hall–Kier alpha value is -2.68. The lowest BCUT2D eigenvalue weighted by Gasteiger charge is -2.15. The number of pyridine rings is 1. The summed E-state index contributed by atoms with van der Waals surface area (Å²) >= 11 is 0. The lowest BCUT2D eigenvalue weighted by molar-refractivity contribution is 0.181. The van der Waals surface area contributed by atoms with Crippen LogP contribution in [0.3, 0.4) is 0 Å². The van der Waals surface area contributed by atoms with Crippen LogP contribution in [0, 0.1) is 0 Å². The van der Waals surface area contributed by atoms with Crippen molar-refractivity contribution in [1.29, 1.82) is 0 Å². The van der Waals surface area contributed by atoms with Crippen molar-refractivity contribution in [2.45, 2.75) is 11.0 Å². The normalized spacial score (nSPS) is 12.7. The molecule has 142 valence electrons. The second-order valence-electron chi connectivity index (χ2n) is 5.81. The first-order valence-electron chi connectivity index (χ1n) is 8.19. The molecular formula is C19H20N2O5S. The molecule has 0 aliphatic heterocycles. The highest BCUT2D eigenvalue weighted by molar-refractivity contribution is 7.89. The van der Waals surface area contributed by atoms with Crippen molar-refractivity contribution in [3.63, 3.8) is 0 Å². The number of hydrogen-bond acceptors (Lipinski definition) is 6. The molecule has 7 nitrogen and oxygen atoms in total. The molecule has 1 atom stereocenters. The number of aromatic nitrogens is 1. The number of sulfonamides is 1. The second kappa shape index (κ2) is 7.91. The summed E-state index contributed by atoms with van der Waals surface area (Å²) in [5.74, 6) is 0.978. The van der Waals surface area contributed by atoms with Gasteiger partial charge in [0.15, 0.2) is 11.5 Å². The smallest absolute Gasteiger partial charge is 0.242 e. The number of nitrogens with zero attached hydrogens (tertiary/aromatic N) is 1. The Balaban J connectivity index is 1.81. The number of fused-ring (bicyclic) bond motifs is 1. The molecule has 0 saturated heterocycles. The summed E-state index contributed by atoms with van der Waals surface area (Å²) in [6.07, 6.45) is 0.488. The Morgan fingerprint density at radius 3 is 2.56 bits per heavy atom. The Labute approximate surface area is 157 Å². The topological polar surface area (TPSA) is 97.8 Å². The minimum Gasteiger partial charge on any atom is -0.493 e.